The summed E-state index contributed by atoms with van der Waals surface area (Å²) in [7, 11) is 1.55. The average molecular weight is 259 g/mol. The van der Waals surface area contributed by atoms with Gasteiger partial charge in [-0.2, -0.15) is 0 Å². The van der Waals surface area contributed by atoms with Crippen molar-refractivity contribution < 1.29 is 13.9 Å². The summed E-state index contributed by atoms with van der Waals surface area (Å²) in [6, 6.07) is 9.10. The number of carbonyl (C=O) groups excluding carboxylic acids is 1. The molecule has 0 aliphatic carbocycles. The van der Waals surface area contributed by atoms with E-state index in [4.69, 9.17) is 10.5 Å². The van der Waals surface area contributed by atoms with E-state index in [1.165, 1.54) is 12.1 Å². The van der Waals surface area contributed by atoms with Gasteiger partial charge in [0.1, 0.15) is 11.6 Å². The van der Waals surface area contributed by atoms with Gasteiger partial charge in [0.25, 0.3) is 0 Å². The molecule has 3 nitrogen and oxygen atoms in total. The van der Waals surface area contributed by atoms with Gasteiger partial charge in [-0.3, -0.25) is 4.79 Å². The summed E-state index contributed by atoms with van der Waals surface area (Å²) in [5, 5.41) is 0. The Morgan fingerprint density at radius 3 is 2.42 bits per heavy atom. The van der Waals surface area contributed by atoms with Crippen LogP contribution in [0.15, 0.2) is 36.4 Å². The van der Waals surface area contributed by atoms with Crippen LogP contribution in [0.2, 0.25) is 0 Å². The lowest BCUT2D eigenvalue weighted by Gasteiger charge is -2.08. The largest absolute Gasteiger partial charge is 0.497 e. The van der Waals surface area contributed by atoms with Gasteiger partial charge < -0.3 is 10.5 Å². The first-order valence-electron chi connectivity index (χ1n) is 5.77. The highest BCUT2D eigenvalue weighted by Crippen LogP contribution is 2.22. The Kier molecular flexibility index (Phi) is 3.51. The van der Waals surface area contributed by atoms with Gasteiger partial charge in [0.2, 0.25) is 0 Å². The summed E-state index contributed by atoms with van der Waals surface area (Å²) in [5.41, 5.74) is 6.96. The molecule has 0 aliphatic heterocycles. The van der Waals surface area contributed by atoms with E-state index >= 15 is 0 Å². The zero-order valence-electron chi connectivity index (χ0n) is 10.7. The third-order valence-electron chi connectivity index (χ3n) is 2.92. The molecule has 0 saturated carbocycles. The number of aryl methyl sites for hydroxylation is 1. The van der Waals surface area contributed by atoms with Crippen molar-refractivity contribution in [3.8, 4) is 5.75 Å². The molecule has 2 N–H and O–H groups in total. The van der Waals surface area contributed by atoms with Crippen molar-refractivity contribution >= 4 is 11.5 Å². The van der Waals surface area contributed by atoms with Crippen molar-refractivity contribution in [3.63, 3.8) is 0 Å². The van der Waals surface area contributed by atoms with E-state index in [0.29, 0.717) is 17.0 Å². The van der Waals surface area contributed by atoms with E-state index in [0.717, 1.165) is 11.6 Å². The van der Waals surface area contributed by atoms with Gasteiger partial charge in [-0.25, -0.2) is 4.39 Å². The van der Waals surface area contributed by atoms with Gasteiger partial charge >= 0.3 is 0 Å². The number of benzene rings is 2. The van der Waals surface area contributed by atoms with Gasteiger partial charge in [0.15, 0.2) is 5.78 Å². The molecule has 0 bridgehead atoms. The predicted molar refractivity (Wildman–Crippen MR) is 72.0 cm³/mol. The minimum absolute atomic E-state index is 0.0162. The average Bonchev–Trinajstić information content (AvgIpc) is 2.37. The molecule has 0 saturated heterocycles. The number of hydrogen-bond donors (Lipinski definition) is 1. The van der Waals surface area contributed by atoms with Crippen molar-refractivity contribution in [1.82, 2.24) is 0 Å². The first-order valence-corrected chi connectivity index (χ1v) is 5.77. The van der Waals surface area contributed by atoms with Crippen LogP contribution in [-0.2, 0) is 0 Å². The van der Waals surface area contributed by atoms with Crippen LogP contribution in [-0.4, -0.2) is 12.9 Å². The number of ketones is 1. The second kappa shape index (κ2) is 5.10. The van der Waals surface area contributed by atoms with E-state index in [-0.39, 0.29) is 11.3 Å². The van der Waals surface area contributed by atoms with E-state index in [1.807, 2.05) is 0 Å². The number of rotatable bonds is 3. The maximum Gasteiger partial charge on any atom is 0.196 e. The summed E-state index contributed by atoms with van der Waals surface area (Å²) in [6.45, 7) is 1.78. The third kappa shape index (κ3) is 2.57. The van der Waals surface area contributed by atoms with Gasteiger partial charge in [0.05, 0.1) is 12.7 Å². The van der Waals surface area contributed by atoms with Crippen molar-refractivity contribution in [2.75, 3.05) is 12.8 Å². The Morgan fingerprint density at radius 2 is 1.84 bits per heavy atom. The smallest absolute Gasteiger partial charge is 0.196 e. The lowest BCUT2D eigenvalue weighted by atomic mass is 9.98. The number of halogens is 1. The Bertz CT molecular complexity index is 638. The van der Waals surface area contributed by atoms with Crippen LogP contribution in [0.25, 0.3) is 0 Å². The second-order valence-electron chi connectivity index (χ2n) is 4.25. The van der Waals surface area contributed by atoms with Crippen LogP contribution in [0.1, 0.15) is 21.5 Å². The summed E-state index contributed by atoms with van der Waals surface area (Å²) in [5.74, 6) is -0.315. The zero-order chi connectivity index (χ0) is 14.0. The van der Waals surface area contributed by atoms with Crippen LogP contribution in [0.4, 0.5) is 10.1 Å². The number of ether oxygens (including phenoxy) is 1. The fraction of sp³-hybridized carbons (Fsp3) is 0.133. The van der Waals surface area contributed by atoms with Crippen molar-refractivity contribution in [2.45, 2.75) is 6.92 Å². The molecule has 0 aliphatic rings. The molecule has 2 aromatic rings. The van der Waals surface area contributed by atoms with E-state index in [1.54, 1.807) is 32.2 Å². The van der Waals surface area contributed by atoms with Crippen molar-refractivity contribution in [2.24, 2.45) is 0 Å². The maximum absolute atomic E-state index is 13.7. The van der Waals surface area contributed by atoms with Crippen molar-refractivity contribution in [1.29, 1.82) is 0 Å². The molecule has 0 aromatic heterocycles. The van der Waals surface area contributed by atoms with Gasteiger partial charge in [-0.05, 0) is 48.9 Å². The normalized spacial score (nSPS) is 10.3. The lowest BCUT2D eigenvalue weighted by molar-refractivity contribution is 0.103. The summed E-state index contributed by atoms with van der Waals surface area (Å²) in [4.78, 5) is 12.3. The fourth-order valence-corrected chi connectivity index (χ4v) is 1.88. The van der Waals surface area contributed by atoms with E-state index < -0.39 is 5.82 Å². The quantitative estimate of drug-likeness (QED) is 0.681. The highest BCUT2D eigenvalue weighted by atomic mass is 19.1. The standard InChI is InChI=1S/C15H14FNO2/c1-9-7-11(19-2)4-6-12(9)15(18)13-5-3-10(17)8-14(13)16/h3-8H,17H2,1-2H3. The molecule has 4 heteroatoms. The summed E-state index contributed by atoms with van der Waals surface area (Å²) >= 11 is 0. The zero-order valence-corrected chi connectivity index (χ0v) is 10.7. The first-order chi connectivity index (χ1) is 9.02. The molecule has 2 rings (SSSR count). The molecule has 2 aromatic carbocycles. The number of hydrogen-bond acceptors (Lipinski definition) is 3. The lowest BCUT2D eigenvalue weighted by Crippen LogP contribution is -2.07. The predicted octanol–water partition coefficient (Wildman–Crippen LogP) is 2.96. The molecule has 0 radical (unpaired) electrons. The third-order valence-corrected chi connectivity index (χ3v) is 2.92. The maximum atomic E-state index is 13.7. The minimum Gasteiger partial charge on any atom is -0.497 e. The van der Waals surface area contributed by atoms with Crippen LogP contribution in [0, 0.1) is 12.7 Å². The summed E-state index contributed by atoms with van der Waals surface area (Å²) in [6.07, 6.45) is 0. The van der Waals surface area contributed by atoms with Gasteiger partial charge in [0, 0.05) is 11.3 Å². The molecule has 0 spiro atoms. The van der Waals surface area contributed by atoms with Crippen molar-refractivity contribution in [3.05, 3.63) is 58.9 Å². The monoisotopic (exact) mass is 259 g/mol. The fourth-order valence-electron chi connectivity index (χ4n) is 1.88. The minimum atomic E-state index is -0.611. The van der Waals surface area contributed by atoms with Crippen LogP contribution in [0.5, 0.6) is 5.75 Å². The topological polar surface area (TPSA) is 52.3 Å². The number of methoxy groups -OCH3 is 1. The first kappa shape index (κ1) is 13.1. The van der Waals surface area contributed by atoms with Crippen LogP contribution >= 0.6 is 0 Å². The van der Waals surface area contributed by atoms with E-state index in [9.17, 15) is 9.18 Å². The number of nitrogens with two attached hydrogens (primary N) is 1. The molecular formula is C15H14FNO2. The molecule has 0 atom stereocenters. The number of anilines is 1. The molecule has 0 heterocycles. The van der Waals surface area contributed by atoms with Gasteiger partial charge in [-0.15, -0.1) is 0 Å². The Morgan fingerprint density at radius 1 is 1.16 bits per heavy atom. The Hall–Kier alpha value is -2.36. The molecule has 98 valence electrons. The van der Waals surface area contributed by atoms with Crippen LogP contribution in [0.3, 0.4) is 0 Å². The Labute approximate surface area is 110 Å². The molecule has 0 fully saturated rings. The number of nitrogen functional groups attached to an aromatic ring is 1. The number of carbonyl (C=O) groups is 1. The molecule has 19 heavy (non-hydrogen) atoms. The van der Waals surface area contributed by atoms with Gasteiger partial charge in [-0.1, -0.05) is 0 Å². The highest BCUT2D eigenvalue weighted by Gasteiger charge is 2.16. The van der Waals surface area contributed by atoms with Crippen LogP contribution < -0.4 is 10.5 Å². The molecular weight excluding hydrogens is 245 g/mol. The molecule has 0 unspecified atom stereocenters. The second-order valence-corrected chi connectivity index (χ2v) is 4.25. The SMILES string of the molecule is COc1ccc(C(=O)c2ccc(N)cc2F)c(C)c1. The molecule has 0 amide bonds. The Balaban J connectivity index is 2.44. The van der Waals surface area contributed by atoms with E-state index in [2.05, 4.69) is 0 Å². The summed E-state index contributed by atoms with van der Waals surface area (Å²) < 4.78 is 18.8. The highest BCUT2D eigenvalue weighted by molar-refractivity contribution is 6.10.